The molecule has 6 heteroatoms. The first kappa shape index (κ1) is 12.9. The molecule has 1 spiro atoms. The van der Waals surface area contributed by atoms with Crippen LogP contribution in [0.4, 0.5) is 0 Å². The van der Waals surface area contributed by atoms with Gasteiger partial charge in [0, 0.05) is 13.1 Å². The standard InChI is InChI=1S/C13H19ClN4O/c14-10-9-16-17-11(10)12(19)18-7-3-13(4-8-18)1-5-15-6-2-13/h9,15H,1-8H2,(H,16,17). The molecule has 5 nitrogen and oxygen atoms in total. The third kappa shape index (κ3) is 2.49. The molecule has 2 aliphatic rings. The molecular formula is C13H19ClN4O. The molecule has 0 aromatic carbocycles. The fourth-order valence-corrected chi connectivity index (χ4v) is 3.39. The van der Waals surface area contributed by atoms with Crippen molar-refractivity contribution in [1.29, 1.82) is 0 Å². The zero-order valence-electron chi connectivity index (χ0n) is 10.9. The van der Waals surface area contributed by atoms with Crippen molar-refractivity contribution < 1.29 is 4.79 Å². The first-order valence-electron chi connectivity index (χ1n) is 6.89. The number of nitrogens with zero attached hydrogens (tertiary/aromatic N) is 2. The molecule has 2 fully saturated rings. The summed E-state index contributed by atoms with van der Waals surface area (Å²) in [6.07, 6.45) is 6.16. The van der Waals surface area contributed by atoms with Crippen molar-refractivity contribution in [3.8, 4) is 0 Å². The van der Waals surface area contributed by atoms with Crippen LogP contribution in [-0.2, 0) is 0 Å². The zero-order chi connectivity index (χ0) is 13.3. The van der Waals surface area contributed by atoms with E-state index in [0.29, 0.717) is 16.1 Å². The molecule has 0 bridgehead atoms. The fourth-order valence-electron chi connectivity index (χ4n) is 3.22. The second-order valence-electron chi connectivity index (χ2n) is 5.64. The summed E-state index contributed by atoms with van der Waals surface area (Å²) in [6, 6.07) is 0. The van der Waals surface area contributed by atoms with Crippen LogP contribution in [-0.4, -0.2) is 47.2 Å². The molecule has 2 saturated heterocycles. The summed E-state index contributed by atoms with van der Waals surface area (Å²) >= 11 is 5.95. The van der Waals surface area contributed by atoms with E-state index in [9.17, 15) is 4.79 Å². The highest BCUT2D eigenvalue weighted by molar-refractivity contribution is 6.33. The highest BCUT2D eigenvalue weighted by Crippen LogP contribution is 2.39. The molecule has 0 saturated carbocycles. The number of hydrogen-bond acceptors (Lipinski definition) is 3. The van der Waals surface area contributed by atoms with Crippen molar-refractivity contribution >= 4 is 17.5 Å². The monoisotopic (exact) mass is 282 g/mol. The predicted molar refractivity (Wildman–Crippen MR) is 73.3 cm³/mol. The Morgan fingerprint density at radius 2 is 1.95 bits per heavy atom. The van der Waals surface area contributed by atoms with E-state index < -0.39 is 0 Å². The van der Waals surface area contributed by atoms with E-state index in [1.54, 1.807) is 0 Å². The molecule has 0 radical (unpaired) electrons. The highest BCUT2D eigenvalue weighted by atomic mass is 35.5. The number of carbonyl (C=O) groups excluding carboxylic acids is 1. The summed E-state index contributed by atoms with van der Waals surface area (Å²) in [5.41, 5.74) is 0.878. The second-order valence-corrected chi connectivity index (χ2v) is 6.04. The topological polar surface area (TPSA) is 61.0 Å². The maximum atomic E-state index is 12.3. The van der Waals surface area contributed by atoms with Gasteiger partial charge in [0.25, 0.3) is 5.91 Å². The summed E-state index contributed by atoms with van der Waals surface area (Å²) in [4.78, 5) is 14.2. The lowest BCUT2D eigenvalue weighted by Crippen LogP contribution is -2.47. The molecule has 1 amide bonds. The molecule has 1 aromatic rings. The smallest absolute Gasteiger partial charge is 0.273 e. The van der Waals surface area contributed by atoms with Crippen molar-refractivity contribution in [2.45, 2.75) is 25.7 Å². The minimum absolute atomic E-state index is 0.0220. The van der Waals surface area contributed by atoms with E-state index in [0.717, 1.165) is 39.0 Å². The van der Waals surface area contributed by atoms with Crippen LogP contribution in [0.5, 0.6) is 0 Å². The Labute approximate surface area is 117 Å². The summed E-state index contributed by atoms with van der Waals surface area (Å²) in [5, 5.41) is 10.3. The SMILES string of the molecule is O=C(c1[nH]ncc1Cl)N1CCC2(CCNCC2)CC1. The minimum Gasteiger partial charge on any atom is -0.337 e. The van der Waals surface area contributed by atoms with Crippen LogP contribution in [0.1, 0.15) is 36.2 Å². The van der Waals surface area contributed by atoms with E-state index in [1.807, 2.05) is 4.90 Å². The maximum absolute atomic E-state index is 12.3. The molecule has 2 N–H and O–H groups in total. The summed E-state index contributed by atoms with van der Waals surface area (Å²) in [6.45, 7) is 3.88. The molecule has 0 unspecified atom stereocenters. The number of piperidine rings is 2. The first-order chi connectivity index (χ1) is 9.20. The van der Waals surface area contributed by atoms with Crippen LogP contribution in [0.3, 0.4) is 0 Å². The zero-order valence-corrected chi connectivity index (χ0v) is 11.7. The highest BCUT2D eigenvalue weighted by Gasteiger charge is 2.37. The number of halogens is 1. The van der Waals surface area contributed by atoms with Gasteiger partial charge in [0.15, 0.2) is 0 Å². The molecule has 19 heavy (non-hydrogen) atoms. The van der Waals surface area contributed by atoms with Crippen LogP contribution in [0.25, 0.3) is 0 Å². The first-order valence-corrected chi connectivity index (χ1v) is 7.27. The minimum atomic E-state index is -0.0220. The third-order valence-electron chi connectivity index (χ3n) is 4.58. The van der Waals surface area contributed by atoms with Gasteiger partial charge in [-0.2, -0.15) is 5.10 Å². The lowest BCUT2D eigenvalue weighted by molar-refractivity contribution is 0.0491. The number of hydrogen-bond donors (Lipinski definition) is 2. The molecule has 2 aliphatic heterocycles. The van der Waals surface area contributed by atoms with Gasteiger partial charge in [0.1, 0.15) is 5.69 Å². The molecule has 0 atom stereocenters. The summed E-state index contributed by atoms with van der Waals surface area (Å²) in [5.74, 6) is -0.0220. The molecule has 0 aliphatic carbocycles. The Kier molecular flexibility index (Phi) is 3.50. The van der Waals surface area contributed by atoms with Crippen LogP contribution >= 0.6 is 11.6 Å². The van der Waals surface area contributed by atoms with Gasteiger partial charge in [0.2, 0.25) is 0 Å². The van der Waals surface area contributed by atoms with E-state index in [1.165, 1.54) is 19.0 Å². The lowest BCUT2D eigenvalue weighted by Gasteiger charge is -2.44. The Balaban J connectivity index is 1.64. The lowest BCUT2D eigenvalue weighted by atomic mass is 9.71. The Morgan fingerprint density at radius 1 is 1.26 bits per heavy atom. The third-order valence-corrected chi connectivity index (χ3v) is 4.87. The number of carbonyl (C=O) groups is 1. The second kappa shape index (κ2) is 5.13. The van der Waals surface area contributed by atoms with Crippen molar-refractivity contribution in [2.24, 2.45) is 5.41 Å². The molecule has 3 heterocycles. The van der Waals surface area contributed by atoms with Gasteiger partial charge in [-0.3, -0.25) is 9.89 Å². The van der Waals surface area contributed by atoms with E-state index >= 15 is 0 Å². The molecule has 3 rings (SSSR count). The van der Waals surface area contributed by atoms with Gasteiger partial charge in [0.05, 0.1) is 11.2 Å². The van der Waals surface area contributed by atoms with Crippen LogP contribution in [0.2, 0.25) is 5.02 Å². The van der Waals surface area contributed by atoms with Gasteiger partial charge in [-0.25, -0.2) is 0 Å². The van der Waals surface area contributed by atoms with Crippen molar-refractivity contribution in [3.63, 3.8) is 0 Å². The average Bonchev–Trinajstić information content (AvgIpc) is 2.86. The normalized spacial score (nSPS) is 22.7. The molecule has 104 valence electrons. The maximum Gasteiger partial charge on any atom is 0.273 e. The van der Waals surface area contributed by atoms with E-state index in [-0.39, 0.29) is 5.91 Å². The van der Waals surface area contributed by atoms with Crippen molar-refractivity contribution in [1.82, 2.24) is 20.4 Å². The largest absolute Gasteiger partial charge is 0.337 e. The number of H-pyrrole nitrogens is 1. The van der Waals surface area contributed by atoms with Gasteiger partial charge >= 0.3 is 0 Å². The molecular weight excluding hydrogens is 264 g/mol. The Hall–Kier alpha value is -1.07. The van der Waals surface area contributed by atoms with Gasteiger partial charge in [-0.1, -0.05) is 11.6 Å². The van der Waals surface area contributed by atoms with Gasteiger partial charge in [-0.05, 0) is 44.2 Å². The summed E-state index contributed by atoms with van der Waals surface area (Å²) < 4.78 is 0. The van der Waals surface area contributed by atoms with E-state index in [4.69, 9.17) is 11.6 Å². The Bertz CT molecular complexity index is 457. The number of aromatic amines is 1. The van der Waals surface area contributed by atoms with E-state index in [2.05, 4.69) is 15.5 Å². The van der Waals surface area contributed by atoms with Gasteiger partial charge < -0.3 is 10.2 Å². The average molecular weight is 283 g/mol. The van der Waals surface area contributed by atoms with Crippen LogP contribution in [0.15, 0.2) is 6.20 Å². The number of aromatic nitrogens is 2. The fraction of sp³-hybridized carbons (Fsp3) is 0.692. The van der Waals surface area contributed by atoms with Gasteiger partial charge in [-0.15, -0.1) is 0 Å². The quantitative estimate of drug-likeness (QED) is 0.824. The number of rotatable bonds is 1. The predicted octanol–water partition coefficient (Wildman–Crippen LogP) is 1.67. The van der Waals surface area contributed by atoms with Crippen molar-refractivity contribution in [3.05, 3.63) is 16.9 Å². The molecule has 1 aromatic heterocycles. The Morgan fingerprint density at radius 3 is 2.53 bits per heavy atom. The summed E-state index contributed by atoms with van der Waals surface area (Å²) in [7, 11) is 0. The van der Waals surface area contributed by atoms with Crippen LogP contribution in [0, 0.1) is 5.41 Å². The van der Waals surface area contributed by atoms with Crippen molar-refractivity contribution in [2.75, 3.05) is 26.2 Å². The van der Waals surface area contributed by atoms with Crippen LogP contribution < -0.4 is 5.32 Å². The number of nitrogens with one attached hydrogen (secondary N) is 2. The number of likely N-dealkylation sites (tertiary alicyclic amines) is 1. The number of amides is 1.